The summed E-state index contributed by atoms with van der Waals surface area (Å²) in [5.41, 5.74) is -0.808. The van der Waals surface area contributed by atoms with E-state index >= 15 is 0 Å². The van der Waals surface area contributed by atoms with Crippen molar-refractivity contribution < 1.29 is 19.2 Å². The minimum atomic E-state index is -0.523. The van der Waals surface area contributed by atoms with Crippen molar-refractivity contribution in [3.8, 4) is 0 Å². The molecule has 4 amide bonds. The first-order chi connectivity index (χ1) is 12.4. The maximum absolute atomic E-state index is 10.5. The molecule has 26 heavy (non-hydrogen) atoms. The monoisotopic (exact) mass is 368 g/mol. The topological polar surface area (TPSA) is 116 Å². The zero-order valence-electron chi connectivity index (χ0n) is 15.8. The molecule has 0 unspecified atom stereocenters. The molecule has 0 heterocycles. The highest BCUT2D eigenvalue weighted by Gasteiger charge is 2.39. The Kier molecular flexibility index (Phi) is 8.54. The van der Waals surface area contributed by atoms with Crippen LogP contribution < -0.4 is 21.3 Å². The summed E-state index contributed by atoms with van der Waals surface area (Å²) in [5, 5.41) is 10.8. The van der Waals surface area contributed by atoms with Crippen LogP contribution in [0.4, 0.5) is 0 Å². The van der Waals surface area contributed by atoms with Gasteiger partial charge in [-0.25, -0.2) is 0 Å². The molecule has 8 heteroatoms. The summed E-state index contributed by atoms with van der Waals surface area (Å²) in [5.74, 6) is 0. The molecule has 0 aromatic rings. The lowest BCUT2D eigenvalue weighted by atomic mass is 9.72. The Morgan fingerprint density at radius 2 is 1.00 bits per heavy atom. The van der Waals surface area contributed by atoms with Crippen molar-refractivity contribution in [1.29, 1.82) is 0 Å². The summed E-state index contributed by atoms with van der Waals surface area (Å²) < 4.78 is 0. The van der Waals surface area contributed by atoms with Crippen molar-refractivity contribution in [2.75, 3.05) is 0 Å². The lowest BCUT2D eigenvalue weighted by Crippen LogP contribution is -2.59. The number of rotatable bonds is 8. The predicted octanol–water partition coefficient (Wildman–Crippen LogP) is 0.914. The molecular formula is C18H32N4O4. The predicted molar refractivity (Wildman–Crippen MR) is 97.6 cm³/mol. The largest absolute Gasteiger partial charge is 0.336 e. The number of carbonyl (C=O) groups excluding carboxylic acids is 4. The van der Waals surface area contributed by atoms with Gasteiger partial charge in [0.15, 0.2) is 0 Å². The van der Waals surface area contributed by atoms with Gasteiger partial charge in [0, 0.05) is 0 Å². The number of hydrogen-bond acceptors (Lipinski definition) is 4. The molecule has 148 valence electrons. The van der Waals surface area contributed by atoms with E-state index in [0.717, 1.165) is 51.4 Å². The van der Waals surface area contributed by atoms with Crippen LogP contribution in [0.2, 0.25) is 0 Å². The first-order valence-corrected chi connectivity index (χ1v) is 9.22. The van der Waals surface area contributed by atoms with Crippen LogP contribution >= 0.6 is 0 Å². The molecule has 2 aliphatic carbocycles. The van der Waals surface area contributed by atoms with Gasteiger partial charge in [0.25, 0.3) is 0 Å². The third kappa shape index (κ3) is 6.65. The minimum absolute atomic E-state index is 0.171. The van der Waals surface area contributed by atoms with Gasteiger partial charge in [0.05, 0.1) is 0 Å². The standard InChI is InChI=1S/C10H18N2O2.C8H14N2O2/c1-9(2)4-3-5-10(6-9,11-7-13)12-8-14;11-6-9-8(10-7-12)4-2-1-3-5-8/h7-8H,3-6H2,1-2H3,(H,11,13)(H,12,14);6-7H,1-5H2,(H,9,11)(H,10,12). The number of carbonyl (C=O) groups is 4. The number of nitrogens with one attached hydrogen (secondary N) is 4. The fraction of sp³-hybridized carbons (Fsp3) is 0.778. The summed E-state index contributed by atoms with van der Waals surface area (Å²) in [4.78, 5) is 41.6. The molecule has 2 saturated carbocycles. The Labute approximate surface area is 155 Å². The molecule has 4 N–H and O–H groups in total. The van der Waals surface area contributed by atoms with Crippen molar-refractivity contribution in [1.82, 2.24) is 21.3 Å². The van der Waals surface area contributed by atoms with Crippen molar-refractivity contribution in [2.45, 2.75) is 83.0 Å². The van der Waals surface area contributed by atoms with E-state index in [2.05, 4.69) is 35.1 Å². The smallest absolute Gasteiger partial charge is 0.208 e. The quantitative estimate of drug-likeness (QED) is 0.376. The van der Waals surface area contributed by atoms with Crippen molar-refractivity contribution in [3.05, 3.63) is 0 Å². The second kappa shape index (κ2) is 10.1. The Bertz CT molecular complexity index is 454. The zero-order chi connectivity index (χ0) is 19.5. The minimum Gasteiger partial charge on any atom is -0.336 e. The van der Waals surface area contributed by atoms with Crippen LogP contribution in [-0.4, -0.2) is 37.0 Å². The van der Waals surface area contributed by atoms with Gasteiger partial charge < -0.3 is 21.3 Å². The van der Waals surface area contributed by atoms with E-state index in [1.165, 1.54) is 6.42 Å². The fourth-order valence-electron chi connectivity index (χ4n) is 4.09. The van der Waals surface area contributed by atoms with Crippen LogP contribution in [0.15, 0.2) is 0 Å². The van der Waals surface area contributed by atoms with Gasteiger partial charge in [-0.15, -0.1) is 0 Å². The molecule has 0 aromatic heterocycles. The van der Waals surface area contributed by atoms with Gasteiger partial charge in [0.1, 0.15) is 11.3 Å². The van der Waals surface area contributed by atoms with E-state index in [1.54, 1.807) is 0 Å². The van der Waals surface area contributed by atoms with Crippen LogP contribution in [0.1, 0.15) is 71.6 Å². The summed E-state index contributed by atoms with van der Waals surface area (Å²) in [6, 6.07) is 0. The van der Waals surface area contributed by atoms with Gasteiger partial charge in [-0.3, -0.25) is 19.2 Å². The van der Waals surface area contributed by atoms with Crippen molar-refractivity contribution in [3.63, 3.8) is 0 Å². The van der Waals surface area contributed by atoms with Gasteiger partial charge in [0.2, 0.25) is 25.6 Å². The highest BCUT2D eigenvalue weighted by molar-refractivity contribution is 5.53. The molecule has 8 nitrogen and oxygen atoms in total. The lowest BCUT2D eigenvalue weighted by molar-refractivity contribution is -0.117. The molecular weight excluding hydrogens is 336 g/mol. The molecule has 0 bridgehead atoms. The maximum atomic E-state index is 10.5. The molecule has 2 aliphatic rings. The number of amides is 4. The zero-order valence-corrected chi connectivity index (χ0v) is 15.8. The highest BCUT2D eigenvalue weighted by Crippen LogP contribution is 2.39. The molecule has 0 aromatic carbocycles. The summed E-state index contributed by atoms with van der Waals surface area (Å²) in [6.07, 6.45) is 11.4. The third-order valence-corrected chi connectivity index (χ3v) is 5.29. The average Bonchev–Trinajstić information content (AvgIpc) is 2.56. The normalized spacial score (nSPS) is 22.4. The summed E-state index contributed by atoms with van der Waals surface area (Å²) in [6.45, 7) is 4.31. The van der Waals surface area contributed by atoms with Gasteiger partial charge >= 0.3 is 0 Å². The van der Waals surface area contributed by atoms with E-state index in [4.69, 9.17) is 0 Å². The van der Waals surface area contributed by atoms with E-state index in [9.17, 15) is 19.2 Å². The third-order valence-electron chi connectivity index (χ3n) is 5.29. The molecule has 2 rings (SSSR count). The molecule has 0 radical (unpaired) electrons. The Morgan fingerprint density at radius 3 is 1.42 bits per heavy atom. The van der Waals surface area contributed by atoms with Gasteiger partial charge in [-0.05, 0) is 56.8 Å². The van der Waals surface area contributed by atoms with Gasteiger partial charge in [-0.1, -0.05) is 20.3 Å². The Balaban J connectivity index is 0.000000263. The van der Waals surface area contributed by atoms with Crippen LogP contribution in [0, 0.1) is 5.41 Å². The first-order valence-electron chi connectivity index (χ1n) is 9.22. The van der Waals surface area contributed by atoms with Crippen LogP contribution in [0.5, 0.6) is 0 Å². The maximum Gasteiger partial charge on any atom is 0.208 e. The lowest BCUT2D eigenvalue weighted by Gasteiger charge is -2.44. The summed E-state index contributed by atoms with van der Waals surface area (Å²) >= 11 is 0. The highest BCUT2D eigenvalue weighted by atomic mass is 16.1. The van der Waals surface area contributed by atoms with Crippen molar-refractivity contribution >= 4 is 25.6 Å². The first kappa shape index (κ1) is 21.9. The van der Waals surface area contributed by atoms with E-state index in [-0.39, 0.29) is 5.41 Å². The molecule has 2 fully saturated rings. The molecule has 0 spiro atoms. The molecule has 0 saturated heterocycles. The van der Waals surface area contributed by atoms with E-state index in [0.29, 0.717) is 25.6 Å². The van der Waals surface area contributed by atoms with Crippen LogP contribution in [-0.2, 0) is 19.2 Å². The van der Waals surface area contributed by atoms with E-state index in [1.807, 2.05) is 0 Å². The Hall–Kier alpha value is -2.12. The van der Waals surface area contributed by atoms with E-state index < -0.39 is 11.3 Å². The summed E-state index contributed by atoms with van der Waals surface area (Å²) in [7, 11) is 0. The van der Waals surface area contributed by atoms with Crippen LogP contribution in [0.25, 0.3) is 0 Å². The second-order valence-corrected chi connectivity index (χ2v) is 7.97. The fourth-order valence-corrected chi connectivity index (χ4v) is 4.09. The van der Waals surface area contributed by atoms with Gasteiger partial charge in [-0.2, -0.15) is 0 Å². The average molecular weight is 368 g/mol. The molecule has 0 atom stereocenters. The SMILES string of the molecule is CC1(C)CCCC(NC=O)(NC=O)C1.O=CNC1(NC=O)CCCCC1. The van der Waals surface area contributed by atoms with Crippen molar-refractivity contribution in [2.24, 2.45) is 5.41 Å². The number of hydrogen-bond donors (Lipinski definition) is 4. The second-order valence-electron chi connectivity index (χ2n) is 7.97. The van der Waals surface area contributed by atoms with Crippen LogP contribution in [0.3, 0.4) is 0 Å². The molecule has 0 aliphatic heterocycles. The Morgan fingerprint density at radius 1 is 0.577 bits per heavy atom.